The average Bonchev–Trinajstić information content (AvgIpc) is 2.17. The van der Waals surface area contributed by atoms with E-state index in [0.29, 0.717) is 5.92 Å². The summed E-state index contributed by atoms with van der Waals surface area (Å²) in [6.07, 6.45) is 5.41. The lowest BCUT2D eigenvalue weighted by Crippen LogP contribution is -2.22. The summed E-state index contributed by atoms with van der Waals surface area (Å²) in [5.74, 6) is 1.52. The zero-order valence-electron chi connectivity index (χ0n) is 8.39. The van der Waals surface area contributed by atoms with Gasteiger partial charge in [-0.3, -0.25) is 4.57 Å². The number of aromatic nitrogens is 2. The molecule has 0 fully saturated rings. The molecule has 0 amide bonds. The number of rotatable bonds is 5. The lowest BCUT2D eigenvalue weighted by Gasteiger charge is -2.10. The summed E-state index contributed by atoms with van der Waals surface area (Å²) < 4.78 is 1.65. The van der Waals surface area contributed by atoms with Crippen molar-refractivity contribution in [1.82, 2.24) is 9.55 Å². The normalized spacial score (nSPS) is 12.7. The van der Waals surface area contributed by atoms with Gasteiger partial charge in [-0.05, 0) is 30.6 Å². The van der Waals surface area contributed by atoms with E-state index >= 15 is 0 Å². The van der Waals surface area contributed by atoms with Gasteiger partial charge in [-0.2, -0.15) is 12.6 Å². The van der Waals surface area contributed by atoms with Crippen LogP contribution in [-0.4, -0.2) is 15.3 Å². The molecule has 1 aromatic rings. The van der Waals surface area contributed by atoms with Gasteiger partial charge in [0.05, 0.1) is 0 Å². The minimum Gasteiger partial charge on any atom is -0.299 e. The number of hydrogen-bond donors (Lipinski definition) is 1. The summed E-state index contributed by atoms with van der Waals surface area (Å²) in [6, 6.07) is 1.78. The Morgan fingerprint density at radius 2 is 2.36 bits per heavy atom. The Labute approximate surface area is 89.6 Å². The molecule has 0 aromatic carbocycles. The summed E-state index contributed by atoms with van der Waals surface area (Å²) in [5, 5.41) is 0. The monoisotopic (exact) mass is 212 g/mol. The first-order valence-corrected chi connectivity index (χ1v) is 5.49. The Hall–Kier alpha value is -0.770. The fraction of sp³-hybridized carbons (Fsp3) is 0.600. The zero-order chi connectivity index (χ0) is 10.4. The van der Waals surface area contributed by atoms with Gasteiger partial charge in [0.25, 0.3) is 0 Å². The van der Waals surface area contributed by atoms with Crippen molar-refractivity contribution in [3.05, 3.63) is 28.9 Å². The van der Waals surface area contributed by atoms with E-state index in [1.54, 1.807) is 16.8 Å². The van der Waals surface area contributed by atoms with E-state index < -0.39 is 0 Å². The van der Waals surface area contributed by atoms with Crippen LogP contribution in [0.3, 0.4) is 0 Å². The molecule has 0 saturated carbocycles. The average molecular weight is 212 g/mol. The van der Waals surface area contributed by atoms with Crippen molar-refractivity contribution >= 4 is 12.6 Å². The van der Waals surface area contributed by atoms with Crippen molar-refractivity contribution in [3.8, 4) is 0 Å². The third kappa shape index (κ3) is 3.54. The first-order valence-electron chi connectivity index (χ1n) is 4.86. The molecule has 4 heteroatoms. The Morgan fingerprint density at radius 1 is 1.57 bits per heavy atom. The molecule has 0 N–H and O–H groups in total. The minimum absolute atomic E-state index is 0.162. The second-order valence-corrected chi connectivity index (χ2v) is 3.95. The van der Waals surface area contributed by atoms with E-state index in [-0.39, 0.29) is 5.69 Å². The molecule has 0 aliphatic rings. The molecule has 0 bridgehead atoms. The van der Waals surface area contributed by atoms with Crippen molar-refractivity contribution in [2.24, 2.45) is 5.92 Å². The minimum atomic E-state index is -0.162. The molecule has 0 spiro atoms. The highest BCUT2D eigenvalue weighted by atomic mass is 32.1. The van der Waals surface area contributed by atoms with Gasteiger partial charge in [0.15, 0.2) is 0 Å². The van der Waals surface area contributed by atoms with E-state index in [0.717, 1.165) is 25.1 Å². The van der Waals surface area contributed by atoms with Gasteiger partial charge in [-0.1, -0.05) is 6.92 Å². The van der Waals surface area contributed by atoms with Gasteiger partial charge >= 0.3 is 5.69 Å². The van der Waals surface area contributed by atoms with Crippen LogP contribution < -0.4 is 5.69 Å². The maximum absolute atomic E-state index is 11.2. The van der Waals surface area contributed by atoms with Crippen LogP contribution in [0.5, 0.6) is 0 Å². The third-order valence-electron chi connectivity index (χ3n) is 2.27. The Kier molecular flexibility index (Phi) is 4.73. The van der Waals surface area contributed by atoms with E-state index in [1.807, 2.05) is 0 Å². The molecular formula is C10H16N2OS. The van der Waals surface area contributed by atoms with Gasteiger partial charge in [0.2, 0.25) is 0 Å². The maximum Gasteiger partial charge on any atom is 0.347 e. The molecule has 1 rings (SSSR count). The molecule has 1 aromatic heterocycles. The highest BCUT2D eigenvalue weighted by Crippen LogP contribution is 2.08. The van der Waals surface area contributed by atoms with Crippen molar-refractivity contribution in [2.45, 2.75) is 26.3 Å². The SMILES string of the molecule is CC(CCS)CCn1cccnc1=O. The van der Waals surface area contributed by atoms with Gasteiger partial charge < -0.3 is 0 Å². The van der Waals surface area contributed by atoms with Crippen LogP contribution in [0.1, 0.15) is 19.8 Å². The van der Waals surface area contributed by atoms with E-state index in [9.17, 15) is 4.79 Å². The van der Waals surface area contributed by atoms with Crippen molar-refractivity contribution in [1.29, 1.82) is 0 Å². The summed E-state index contributed by atoms with van der Waals surface area (Å²) in [7, 11) is 0. The lowest BCUT2D eigenvalue weighted by atomic mass is 10.1. The van der Waals surface area contributed by atoms with Crippen LogP contribution in [0.25, 0.3) is 0 Å². The van der Waals surface area contributed by atoms with Crippen LogP contribution >= 0.6 is 12.6 Å². The maximum atomic E-state index is 11.2. The summed E-state index contributed by atoms with van der Waals surface area (Å²) >= 11 is 4.18. The second-order valence-electron chi connectivity index (χ2n) is 3.50. The quantitative estimate of drug-likeness (QED) is 0.752. The molecule has 78 valence electrons. The smallest absolute Gasteiger partial charge is 0.299 e. The van der Waals surface area contributed by atoms with E-state index in [2.05, 4.69) is 24.5 Å². The zero-order valence-corrected chi connectivity index (χ0v) is 9.28. The molecular weight excluding hydrogens is 196 g/mol. The molecule has 1 heterocycles. The third-order valence-corrected chi connectivity index (χ3v) is 2.53. The van der Waals surface area contributed by atoms with Crippen molar-refractivity contribution in [3.63, 3.8) is 0 Å². The lowest BCUT2D eigenvalue weighted by molar-refractivity contribution is 0.462. The first-order chi connectivity index (χ1) is 6.74. The largest absolute Gasteiger partial charge is 0.347 e. The Balaban J connectivity index is 2.46. The second kappa shape index (κ2) is 5.86. The summed E-state index contributed by atoms with van der Waals surface area (Å²) in [6.45, 7) is 2.93. The fourth-order valence-electron chi connectivity index (χ4n) is 1.28. The van der Waals surface area contributed by atoms with Gasteiger partial charge in [0.1, 0.15) is 0 Å². The van der Waals surface area contributed by atoms with Gasteiger partial charge in [-0.15, -0.1) is 0 Å². The van der Waals surface area contributed by atoms with E-state index in [1.165, 1.54) is 6.20 Å². The van der Waals surface area contributed by atoms with Crippen LogP contribution in [0.4, 0.5) is 0 Å². The molecule has 0 aliphatic heterocycles. The first kappa shape index (κ1) is 11.3. The Bertz CT molecular complexity index is 324. The van der Waals surface area contributed by atoms with Crippen LogP contribution in [0, 0.1) is 5.92 Å². The van der Waals surface area contributed by atoms with Gasteiger partial charge in [0, 0.05) is 18.9 Å². The number of hydrogen-bond acceptors (Lipinski definition) is 3. The fourth-order valence-corrected chi connectivity index (χ4v) is 1.72. The molecule has 1 atom stereocenters. The highest BCUT2D eigenvalue weighted by molar-refractivity contribution is 7.80. The molecule has 14 heavy (non-hydrogen) atoms. The van der Waals surface area contributed by atoms with Crippen LogP contribution in [0.2, 0.25) is 0 Å². The van der Waals surface area contributed by atoms with E-state index in [4.69, 9.17) is 0 Å². The number of thiol groups is 1. The Morgan fingerprint density at radius 3 is 3.00 bits per heavy atom. The van der Waals surface area contributed by atoms with Crippen LogP contribution in [0.15, 0.2) is 23.3 Å². The number of nitrogens with zero attached hydrogens (tertiary/aromatic N) is 2. The van der Waals surface area contributed by atoms with Crippen LogP contribution in [-0.2, 0) is 6.54 Å². The predicted octanol–water partition coefficient (Wildman–Crippen LogP) is 1.59. The summed E-state index contributed by atoms with van der Waals surface area (Å²) in [4.78, 5) is 14.9. The molecule has 0 radical (unpaired) electrons. The molecule has 0 saturated heterocycles. The molecule has 3 nitrogen and oxygen atoms in total. The van der Waals surface area contributed by atoms with Crippen molar-refractivity contribution < 1.29 is 0 Å². The number of aryl methyl sites for hydroxylation is 1. The van der Waals surface area contributed by atoms with Crippen molar-refractivity contribution in [2.75, 3.05) is 5.75 Å². The highest BCUT2D eigenvalue weighted by Gasteiger charge is 2.02. The van der Waals surface area contributed by atoms with Gasteiger partial charge in [-0.25, -0.2) is 9.78 Å². The topological polar surface area (TPSA) is 34.9 Å². The molecule has 1 unspecified atom stereocenters. The summed E-state index contributed by atoms with van der Waals surface area (Å²) in [5.41, 5.74) is -0.162. The standard InChI is InChI=1S/C10H16N2OS/c1-9(4-8-14)3-7-12-6-2-5-11-10(12)13/h2,5-6,9,14H,3-4,7-8H2,1H3. The predicted molar refractivity (Wildman–Crippen MR) is 60.7 cm³/mol. The molecule has 0 aliphatic carbocycles.